The number of carbonyl (C=O) groups excluding carboxylic acids is 1. The summed E-state index contributed by atoms with van der Waals surface area (Å²) in [6.07, 6.45) is 3.93. The molecule has 0 aliphatic heterocycles. The Hall–Kier alpha value is -1.87. The second-order valence-electron chi connectivity index (χ2n) is 5.94. The van der Waals surface area contributed by atoms with Crippen LogP contribution < -0.4 is 5.32 Å². The molecule has 3 heteroatoms. The van der Waals surface area contributed by atoms with Crippen molar-refractivity contribution in [1.29, 1.82) is 0 Å². The van der Waals surface area contributed by atoms with Crippen LogP contribution in [0.1, 0.15) is 43.0 Å². The number of hydrogen-bond acceptors (Lipinski definition) is 3. The van der Waals surface area contributed by atoms with Gasteiger partial charge < -0.3 is 10.4 Å². The Balaban J connectivity index is 1.84. The minimum absolute atomic E-state index is 0.0874. The van der Waals surface area contributed by atoms with Crippen LogP contribution in [0.5, 0.6) is 0 Å². The first kappa shape index (κ1) is 14.1. The molecule has 21 heavy (non-hydrogen) atoms. The second kappa shape index (κ2) is 5.86. The van der Waals surface area contributed by atoms with E-state index < -0.39 is 0 Å². The van der Waals surface area contributed by atoms with Crippen LogP contribution in [0.25, 0.3) is 10.8 Å². The minimum atomic E-state index is -0.255. The van der Waals surface area contributed by atoms with Gasteiger partial charge in [-0.2, -0.15) is 0 Å². The van der Waals surface area contributed by atoms with Crippen molar-refractivity contribution in [3.8, 4) is 0 Å². The van der Waals surface area contributed by atoms with Crippen molar-refractivity contribution in [2.45, 2.75) is 44.8 Å². The molecule has 3 rings (SSSR count). The fourth-order valence-corrected chi connectivity index (χ4v) is 3.05. The van der Waals surface area contributed by atoms with Gasteiger partial charge in [-0.15, -0.1) is 0 Å². The smallest absolute Gasteiger partial charge is 0.159 e. The highest BCUT2D eigenvalue weighted by Gasteiger charge is 2.22. The third kappa shape index (κ3) is 3.08. The van der Waals surface area contributed by atoms with Gasteiger partial charge in [0.1, 0.15) is 0 Å². The summed E-state index contributed by atoms with van der Waals surface area (Å²) >= 11 is 0. The third-order valence-electron chi connectivity index (χ3n) is 4.33. The Kier molecular flexibility index (Phi) is 3.93. The zero-order chi connectivity index (χ0) is 14.8. The molecule has 1 saturated carbocycles. The Morgan fingerprint density at radius 2 is 1.81 bits per heavy atom. The average Bonchev–Trinajstić information content (AvgIpc) is 2.49. The van der Waals surface area contributed by atoms with E-state index in [9.17, 15) is 9.90 Å². The van der Waals surface area contributed by atoms with E-state index >= 15 is 0 Å². The molecule has 0 spiro atoms. The van der Waals surface area contributed by atoms with Crippen LogP contribution in [0.15, 0.2) is 36.4 Å². The maximum absolute atomic E-state index is 11.4. The van der Waals surface area contributed by atoms with E-state index in [4.69, 9.17) is 0 Å². The Labute approximate surface area is 125 Å². The van der Waals surface area contributed by atoms with Gasteiger partial charge in [-0.05, 0) is 48.7 Å². The Bertz CT molecular complexity index is 665. The van der Waals surface area contributed by atoms with Crippen molar-refractivity contribution in [1.82, 2.24) is 0 Å². The highest BCUT2D eigenvalue weighted by Crippen LogP contribution is 2.25. The quantitative estimate of drug-likeness (QED) is 0.843. The maximum Gasteiger partial charge on any atom is 0.159 e. The molecule has 0 bridgehead atoms. The standard InChI is InChI=1S/C18H21NO2/c1-12(20)13-6-7-15-11-16(9-8-14(15)10-13)19-17-4-2-3-5-18(17)21/h6-11,17-19,21H,2-5H2,1H3. The molecular formula is C18H21NO2. The lowest BCUT2D eigenvalue weighted by Gasteiger charge is -2.29. The van der Waals surface area contributed by atoms with Gasteiger partial charge in [-0.25, -0.2) is 0 Å². The molecule has 3 nitrogen and oxygen atoms in total. The van der Waals surface area contributed by atoms with E-state index in [-0.39, 0.29) is 17.9 Å². The van der Waals surface area contributed by atoms with Crippen molar-refractivity contribution < 1.29 is 9.90 Å². The molecule has 1 aliphatic carbocycles. The average molecular weight is 283 g/mol. The van der Waals surface area contributed by atoms with Crippen molar-refractivity contribution >= 4 is 22.2 Å². The molecule has 0 amide bonds. The van der Waals surface area contributed by atoms with E-state index in [0.717, 1.165) is 41.3 Å². The number of carbonyl (C=O) groups is 1. The summed E-state index contributed by atoms with van der Waals surface area (Å²) < 4.78 is 0. The summed E-state index contributed by atoms with van der Waals surface area (Å²) in [6.45, 7) is 1.58. The number of nitrogens with one attached hydrogen (secondary N) is 1. The van der Waals surface area contributed by atoms with Crippen LogP contribution in [0.3, 0.4) is 0 Å². The van der Waals surface area contributed by atoms with E-state index in [1.165, 1.54) is 6.42 Å². The van der Waals surface area contributed by atoms with Crippen LogP contribution in [-0.4, -0.2) is 23.0 Å². The predicted molar refractivity (Wildman–Crippen MR) is 85.8 cm³/mol. The monoisotopic (exact) mass is 283 g/mol. The largest absolute Gasteiger partial charge is 0.391 e. The highest BCUT2D eigenvalue weighted by atomic mass is 16.3. The van der Waals surface area contributed by atoms with Gasteiger partial charge in [0.2, 0.25) is 0 Å². The number of fused-ring (bicyclic) bond motifs is 1. The molecule has 2 unspecified atom stereocenters. The van der Waals surface area contributed by atoms with E-state index in [1.807, 2.05) is 30.3 Å². The van der Waals surface area contributed by atoms with Crippen molar-refractivity contribution in [3.05, 3.63) is 42.0 Å². The molecule has 2 atom stereocenters. The number of aliphatic hydroxyl groups is 1. The van der Waals surface area contributed by atoms with Gasteiger partial charge in [-0.1, -0.05) is 31.0 Å². The van der Waals surface area contributed by atoms with Crippen molar-refractivity contribution in [3.63, 3.8) is 0 Å². The molecule has 2 N–H and O–H groups in total. The first-order chi connectivity index (χ1) is 10.1. The van der Waals surface area contributed by atoms with Gasteiger partial charge in [0.05, 0.1) is 12.1 Å². The number of ketones is 1. The summed E-state index contributed by atoms with van der Waals surface area (Å²) in [4.78, 5) is 11.4. The van der Waals surface area contributed by atoms with E-state index in [2.05, 4.69) is 11.4 Å². The number of aliphatic hydroxyl groups excluding tert-OH is 1. The van der Waals surface area contributed by atoms with Crippen LogP contribution in [0.4, 0.5) is 5.69 Å². The molecule has 110 valence electrons. The minimum Gasteiger partial charge on any atom is -0.391 e. The Morgan fingerprint density at radius 1 is 1.10 bits per heavy atom. The van der Waals surface area contributed by atoms with Gasteiger partial charge in [0.15, 0.2) is 5.78 Å². The normalized spacial score (nSPS) is 22.2. The second-order valence-corrected chi connectivity index (χ2v) is 5.94. The van der Waals surface area contributed by atoms with Crippen LogP contribution in [0, 0.1) is 0 Å². The zero-order valence-electron chi connectivity index (χ0n) is 12.3. The fraction of sp³-hybridized carbons (Fsp3) is 0.389. The number of benzene rings is 2. The lowest BCUT2D eigenvalue weighted by Crippen LogP contribution is -2.36. The summed E-state index contributed by atoms with van der Waals surface area (Å²) in [5.41, 5.74) is 1.77. The van der Waals surface area contributed by atoms with Gasteiger partial charge in [-0.3, -0.25) is 4.79 Å². The Morgan fingerprint density at radius 3 is 2.57 bits per heavy atom. The molecule has 1 fully saturated rings. The molecule has 0 heterocycles. The van der Waals surface area contributed by atoms with E-state index in [1.54, 1.807) is 6.92 Å². The summed E-state index contributed by atoms with van der Waals surface area (Å²) in [7, 11) is 0. The van der Waals surface area contributed by atoms with Gasteiger partial charge >= 0.3 is 0 Å². The van der Waals surface area contributed by atoms with Crippen molar-refractivity contribution in [2.75, 3.05) is 5.32 Å². The molecule has 2 aromatic carbocycles. The van der Waals surface area contributed by atoms with E-state index in [0.29, 0.717) is 0 Å². The number of anilines is 1. The number of Topliss-reactive ketones (excluding diaryl/α,β-unsaturated/α-hetero) is 1. The van der Waals surface area contributed by atoms with Crippen LogP contribution in [-0.2, 0) is 0 Å². The summed E-state index contributed by atoms with van der Waals surface area (Å²) in [5.74, 6) is 0.0874. The van der Waals surface area contributed by atoms with Crippen LogP contribution in [0.2, 0.25) is 0 Å². The fourth-order valence-electron chi connectivity index (χ4n) is 3.05. The summed E-state index contributed by atoms with van der Waals surface area (Å²) in [5, 5.41) is 15.7. The first-order valence-electron chi connectivity index (χ1n) is 7.63. The molecule has 0 saturated heterocycles. The molecular weight excluding hydrogens is 262 g/mol. The molecule has 0 radical (unpaired) electrons. The maximum atomic E-state index is 11.4. The topological polar surface area (TPSA) is 49.3 Å². The molecule has 1 aliphatic rings. The van der Waals surface area contributed by atoms with Crippen molar-refractivity contribution in [2.24, 2.45) is 0 Å². The number of rotatable bonds is 3. The highest BCUT2D eigenvalue weighted by molar-refractivity contribution is 5.99. The SMILES string of the molecule is CC(=O)c1ccc2cc(NC3CCCCC3O)ccc2c1. The molecule has 0 aromatic heterocycles. The predicted octanol–water partition coefficient (Wildman–Crippen LogP) is 3.76. The van der Waals surface area contributed by atoms with Gasteiger partial charge in [0.25, 0.3) is 0 Å². The van der Waals surface area contributed by atoms with Crippen LogP contribution >= 0.6 is 0 Å². The lowest BCUT2D eigenvalue weighted by molar-refractivity contribution is 0.101. The first-order valence-corrected chi connectivity index (χ1v) is 7.63. The molecule has 2 aromatic rings. The summed E-state index contributed by atoms with van der Waals surface area (Å²) in [6, 6.07) is 12.1. The number of hydrogen-bond donors (Lipinski definition) is 2. The lowest BCUT2D eigenvalue weighted by atomic mass is 9.92. The van der Waals surface area contributed by atoms with Gasteiger partial charge in [0, 0.05) is 11.3 Å². The zero-order valence-corrected chi connectivity index (χ0v) is 12.3. The third-order valence-corrected chi connectivity index (χ3v) is 4.33.